The van der Waals surface area contributed by atoms with Crippen LogP contribution in [0.3, 0.4) is 0 Å². The maximum Gasteiger partial charge on any atom is 0.306 e. The van der Waals surface area contributed by atoms with Gasteiger partial charge >= 0.3 is 11.9 Å². The summed E-state index contributed by atoms with van der Waals surface area (Å²) in [5.74, 6) is 4.50. The third-order valence-corrected chi connectivity index (χ3v) is 18.2. The molecule has 12 heteroatoms. The summed E-state index contributed by atoms with van der Waals surface area (Å²) in [6.07, 6.45) is 35.5. The van der Waals surface area contributed by atoms with Crippen LogP contribution < -0.4 is 0 Å². The lowest BCUT2D eigenvalue weighted by molar-refractivity contribution is -0.180. The van der Waals surface area contributed by atoms with Crippen molar-refractivity contribution in [1.82, 2.24) is 0 Å². The fourth-order valence-electron chi connectivity index (χ4n) is 10.2. The van der Waals surface area contributed by atoms with Crippen LogP contribution in [0.2, 0.25) is 0 Å². The van der Waals surface area contributed by atoms with Crippen molar-refractivity contribution in [2.45, 2.75) is 262 Å². The van der Waals surface area contributed by atoms with Crippen LogP contribution in [0.4, 0.5) is 0 Å². The summed E-state index contributed by atoms with van der Waals surface area (Å²) in [7, 11) is -3.85. The average Bonchev–Trinajstić information content (AvgIpc) is 3.75. The second-order valence-corrected chi connectivity index (χ2v) is 24.5. The van der Waals surface area contributed by atoms with E-state index in [4.69, 9.17) is 23.1 Å². The number of benzene rings is 1. The van der Waals surface area contributed by atoms with Crippen molar-refractivity contribution in [3.8, 4) is 0 Å². The number of thioether (sulfide) groups is 2. The van der Waals surface area contributed by atoms with Gasteiger partial charge in [-0.05, 0) is 107 Å². The molecule has 1 heterocycles. The lowest BCUT2D eigenvalue weighted by Gasteiger charge is -2.28. The van der Waals surface area contributed by atoms with Crippen molar-refractivity contribution >= 4 is 45.6 Å². The molecule has 0 aromatic heterocycles. The van der Waals surface area contributed by atoms with Crippen LogP contribution >= 0.6 is 23.5 Å². The summed E-state index contributed by atoms with van der Waals surface area (Å²) < 4.78 is 56.6. The Hall–Kier alpha value is -1.31. The highest BCUT2D eigenvalue weighted by atomic mass is 32.2. The maximum atomic E-state index is 12.9. The van der Waals surface area contributed by atoms with Crippen molar-refractivity contribution in [3.63, 3.8) is 0 Å². The summed E-state index contributed by atoms with van der Waals surface area (Å²) >= 11 is 3.83. The van der Waals surface area contributed by atoms with Gasteiger partial charge in [-0.1, -0.05) is 147 Å². The highest BCUT2D eigenvalue weighted by molar-refractivity contribution is 7.99. The first-order chi connectivity index (χ1) is 33.1. The van der Waals surface area contributed by atoms with E-state index in [1.807, 2.05) is 30.4 Å². The molecule has 3 unspecified atom stereocenters. The fraction of sp³-hybridized carbons (Fsp3) is 0.857. The zero-order valence-corrected chi connectivity index (χ0v) is 45.6. The number of esters is 2. The van der Waals surface area contributed by atoms with Crippen molar-refractivity contribution in [2.24, 2.45) is 11.8 Å². The molecule has 0 radical (unpaired) electrons. The highest BCUT2D eigenvalue weighted by Crippen LogP contribution is 2.36. The Balaban J connectivity index is 1.20. The van der Waals surface area contributed by atoms with Crippen LogP contribution in [0, 0.1) is 18.8 Å². The normalized spacial score (nSPS) is 20.4. The van der Waals surface area contributed by atoms with E-state index in [0.29, 0.717) is 37.7 Å². The number of carbonyl (C=O) groups is 2. The van der Waals surface area contributed by atoms with Gasteiger partial charge in [0.25, 0.3) is 10.1 Å². The molecule has 1 aromatic carbocycles. The Morgan fingerprint density at radius 1 is 0.647 bits per heavy atom. The van der Waals surface area contributed by atoms with E-state index in [9.17, 15) is 18.0 Å². The monoisotopic (exact) mass is 1010 g/mol. The van der Waals surface area contributed by atoms with Gasteiger partial charge in [-0.25, -0.2) is 0 Å². The van der Waals surface area contributed by atoms with Gasteiger partial charge in [0.1, 0.15) is 12.2 Å². The molecular formula is C56H96O9S3. The molecule has 3 fully saturated rings. The topological polar surface area (TPSA) is 114 Å². The van der Waals surface area contributed by atoms with Crippen LogP contribution in [0.25, 0.3) is 0 Å². The van der Waals surface area contributed by atoms with Gasteiger partial charge in [0.05, 0.1) is 24.2 Å². The number of unbranched alkanes of at least 4 members (excludes halogenated alkanes) is 10. The molecule has 4 rings (SSSR count). The number of ether oxygens (including phenoxy) is 4. The van der Waals surface area contributed by atoms with Gasteiger partial charge in [-0.15, -0.1) is 0 Å². The molecule has 9 nitrogen and oxygen atoms in total. The van der Waals surface area contributed by atoms with E-state index >= 15 is 0 Å². The molecule has 3 atom stereocenters. The van der Waals surface area contributed by atoms with Gasteiger partial charge in [0.15, 0.2) is 5.79 Å². The number of aryl methyl sites for hydroxylation is 1. The molecule has 1 aromatic rings. The third-order valence-electron chi connectivity index (χ3n) is 14.5. The molecule has 1 aliphatic heterocycles. The van der Waals surface area contributed by atoms with E-state index in [-0.39, 0.29) is 41.8 Å². The fourth-order valence-corrected chi connectivity index (χ4v) is 13.3. The second kappa shape index (κ2) is 35.7. The maximum absolute atomic E-state index is 12.9. The Kier molecular flexibility index (Phi) is 31.2. The SMILES string of the molecule is CCCCCCC(CSCCCCCC1(CCCCCSCC(CCCCCC)OC(=O)CCC2CCCCC2)OCC(CCOS(=O)(=O)c2ccc(C)cc2)O1)OC(=O)CCC1CCCCC1. The van der Waals surface area contributed by atoms with E-state index in [0.717, 1.165) is 118 Å². The highest BCUT2D eigenvalue weighted by Gasteiger charge is 2.40. The van der Waals surface area contributed by atoms with Gasteiger partial charge in [-0.3, -0.25) is 13.8 Å². The number of carbonyl (C=O) groups excluding carboxylic acids is 2. The average molecular weight is 1010 g/mol. The Morgan fingerprint density at radius 2 is 1.13 bits per heavy atom. The predicted molar refractivity (Wildman–Crippen MR) is 283 cm³/mol. The molecule has 0 N–H and O–H groups in total. The van der Waals surface area contributed by atoms with E-state index in [1.54, 1.807) is 24.3 Å². The van der Waals surface area contributed by atoms with E-state index < -0.39 is 15.9 Å². The molecule has 2 saturated carbocycles. The molecule has 2 aliphatic carbocycles. The van der Waals surface area contributed by atoms with Crippen LogP contribution in [-0.4, -0.2) is 80.7 Å². The quantitative estimate of drug-likeness (QED) is 0.0357. The van der Waals surface area contributed by atoms with Gasteiger partial charge in [0, 0.05) is 43.6 Å². The molecule has 1 saturated heterocycles. The second-order valence-electron chi connectivity index (χ2n) is 20.6. The lowest BCUT2D eigenvalue weighted by Crippen LogP contribution is -2.31. The van der Waals surface area contributed by atoms with Crippen LogP contribution in [0.15, 0.2) is 29.2 Å². The van der Waals surface area contributed by atoms with Crippen LogP contribution in [-0.2, 0) is 42.8 Å². The van der Waals surface area contributed by atoms with Crippen LogP contribution in [0.1, 0.15) is 231 Å². The van der Waals surface area contributed by atoms with Crippen molar-refractivity contribution < 1.29 is 41.1 Å². The summed E-state index contributed by atoms with van der Waals surface area (Å²) in [6.45, 7) is 6.86. The van der Waals surface area contributed by atoms with Gasteiger partial charge in [0.2, 0.25) is 0 Å². The summed E-state index contributed by atoms with van der Waals surface area (Å²) in [5, 5.41) is 0. The minimum Gasteiger partial charge on any atom is -0.461 e. The molecule has 0 bridgehead atoms. The molecule has 392 valence electrons. The summed E-state index contributed by atoms with van der Waals surface area (Å²) in [6, 6.07) is 6.73. The zero-order chi connectivity index (χ0) is 48.6. The molecule has 0 amide bonds. The predicted octanol–water partition coefficient (Wildman–Crippen LogP) is 15.3. The standard InChI is InChI=1S/C56H96O9S3/c1-4-6-8-18-28-51(63-54(57)36-32-48-24-14-10-15-25-48)45-66-42-22-12-20-39-56(61-44-50(65-56)38-41-62-68(59,60)53-34-30-47(3)31-35-53)40-21-13-23-43-67-46-52(29-19-9-7-5-2)64-55(58)37-33-49-26-16-11-17-27-49/h30-31,34-35,48-52H,4-29,32-33,36-46H2,1-3H3. The molecule has 3 aliphatic rings. The first-order valence-corrected chi connectivity index (χ1v) is 31.6. The van der Waals surface area contributed by atoms with Crippen molar-refractivity contribution in [3.05, 3.63) is 29.8 Å². The summed E-state index contributed by atoms with van der Waals surface area (Å²) in [5.41, 5.74) is 0.994. The number of hydrogen-bond acceptors (Lipinski definition) is 11. The van der Waals surface area contributed by atoms with Gasteiger partial charge in [-0.2, -0.15) is 31.9 Å². The Bertz CT molecular complexity index is 1490. The Labute approximate surface area is 424 Å². The number of hydrogen-bond donors (Lipinski definition) is 0. The minimum atomic E-state index is -3.85. The van der Waals surface area contributed by atoms with Crippen molar-refractivity contribution in [2.75, 3.05) is 36.2 Å². The summed E-state index contributed by atoms with van der Waals surface area (Å²) in [4.78, 5) is 26.0. The minimum absolute atomic E-state index is 0.000613. The zero-order valence-electron chi connectivity index (χ0n) is 43.2. The first kappa shape index (κ1) is 59.3. The van der Waals surface area contributed by atoms with E-state index in [1.165, 1.54) is 103 Å². The van der Waals surface area contributed by atoms with Crippen molar-refractivity contribution in [1.29, 1.82) is 0 Å². The van der Waals surface area contributed by atoms with Gasteiger partial charge < -0.3 is 18.9 Å². The Morgan fingerprint density at radius 3 is 1.62 bits per heavy atom. The molecule has 0 spiro atoms. The lowest BCUT2D eigenvalue weighted by atomic mass is 9.86. The largest absolute Gasteiger partial charge is 0.461 e. The van der Waals surface area contributed by atoms with Crippen LogP contribution in [0.5, 0.6) is 0 Å². The number of rotatable bonds is 39. The smallest absolute Gasteiger partial charge is 0.306 e. The van der Waals surface area contributed by atoms with E-state index in [2.05, 4.69) is 13.8 Å². The third kappa shape index (κ3) is 25.9. The molecule has 68 heavy (non-hydrogen) atoms. The first-order valence-electron chi connectivity index (χ1n) is 27.9. The molecular weight excluding hydrogens is 913 g/mol.